The minimum Gasteiger partial charge on any atom is -0.481 e. The van der Waals surface area contributed by atoms with Gasteiger partial charge in [-0.1, -0.05) is 49.4 Å². The largest absolute Gasteiger partial charge is 0.481 e. The van der Waals surface area contributed by atoms with Crippen LogP contribution >= 0.6 is 0 Å². The third kappa shape index (κ3) is 2.51. The summed E-state index contributed by atoms with van der Waals surface area (Å²) in [4.78, 5) is 10.9. The van der Waals surface area contributed by atoms with Crippen LogP contribution in [0.15, 0.2) is 42.5 Å². The summed E-state index contributed by atoms with van der Waals surface area (Å²) in [6.45, 7) is 1.69. The Balaban J connectivity index is 2.33. The topological polar surface area (TPSA) is 63.3 Å². The number of rotatable bonds is 4. The molecule has 0 heterocycles. The molecule has 0 amide bonds. The van der Waals surface area contributed by atoms with E-state index in [-0.39, 0.29) is 6.04 Å². The third-order valence-electron chi connectivity index (χ3n) is 3.25. The lowest BCUT2D eigenvalue weighted by molar-refractivity contribution is -0.141. The van der Waals surface area contributed by atoms with Gasteiger partial charge in [0.1, 0.15) is 0 Å². The zero-order valence-corrected chi connectivity index (χ0v) is 10.3. The van der Waals surface area contributed by atoms with Crippen molar-refractivity contribution in [2.24, 2.45) is 11.7 Å². The second-order valence-electron chi connectivity index (χ2n) is 4.65. The second kappa shape index (κ2) is 5.19. The van der Waals surface area contributed by atoms with Gasteiger partial charge in [-0.25, -0.2) is 0 Å². The first-order chi connectivity index (χ1) is 8.59. The Kier molecular flexibility index (Phi) is 3.63. The highest BCUT2D eigenvalue weighted by Gasteiger charge is 2.17. The number of hydrogen-bond acceptors (Lipinski definition) is 2. The van der Waals surface area contributed by atoms with Crippen molar-refractivity contribution in [1.82, 2.24) is 0 Å². The zero-order valence-electron chi connectivity index (χ0n) is 10.3. The molecule has 3 nitrogen and oxygen atoms in total. The van der Waals surface area contributed by atoms with Crippen LogP contribution < -0.4 is 5.73 Å². The monoisotopic (exact) mass is 243 g/mol. The molecule has 2 aromatic rings. The summed E-state index contributed by atoms with van der Waals surface area (Å²) in [6, 6.07) is 13.7. The third-order valence-corrected chi connectivity index (χ3v) is 3.25. The van der Waals surface area contributed by atoms with Gasteiger partial charge in [-0.2, -0.15) is 0 Å². The standard InChI is InChI=1S/C15H17NO2/c1-10(15(17)18)9-14(16)13-8-4-6-11-5-2-3-7-12(11)13/h2-8,10,14H,9,16H2,1H3,(H,17,18). The first-order valence-electron chi connectivity index (χ1n) is 6.05. The first kappa shape index (κ1) is 12.6. The van der Waals surface area contributed by atoms with E-state index in [0.29, 0.717) is 6.42 Å². The number of carboxylic acids is 1. The summed E-state index contributed by atoms with van der Waals surface area (Å²) in [6.07, 6.45) is 0.448. The highest BCUT2D eigenvalue weighted by Crippen LogP contribution is 2.26. The molecule has 0 saturated carbocycles. The predicted molar refractivity (Wildman–Crippen MR) is 72.3 cm³/mol. The molecule has 0 bridgehead atoms. The lowest BCUT2D eigenvalue weighted by Gasteiger charge is -2.16. The fourth-order valence-corrected chi connectivity index (χ4v) is 2.18. The molecule has 18 heavy (non-hydrogen) atoms. The average molecular weight is 243 g/mol. The Morgan fingerprint density at radius 2 is 1.89 bits per heavy atom. The number of benzene rings is 2. The average Bonchev–Trinajstić information content (AvgIpc) is 2.37. The number of nitrogens with two attached hydrogens (primary N) is 1. The van der Waals surface area contributed by atoms with E-state index in [9.17, 15) is 4.79 Å². The quantitative estimate of drug-likeness (QED) is 0.867. The molecule has 0 aromatic heterocycles. The molecule has 0 radical (unpaired) electrons. The lowest BCUT2D eigenvalue weighted by Crippen LogP contribution is -2.19. The fraction of sp³-hybridized carbons (Fsp3) is 0.267. The van der Waals surface area contributed by atoms with Crippen molar-refractivity contribution in [3.05, 3.63) is 48.0 Å². The Morgan fingerprint density at radius 3 is 2.61 bits per heavy atom. The highest BCUT2D eigenvalue weighted by atomic mass is 16.4. The Morgan fingerprint density at radius 1 is 1.22 bits per heavy atom. The molecule has 0 saturated heterocycles. The molecule has 0 aliphatic heterocycles. The van der Waals surface area contributed by atoms with Crippen LogP contribution in [0.25, 0.3) is 10.8 Å². The number of fused-ring (bicyclic) bond motifs is 1. The van der Waals surface area contributed by atoms with Crippen molar-refractivity contribution in [3.8, 4) is 0 Å². The Labute approximate surface area is 106 Å². The molecule has 0 aliphatic rings. The SMILES string of the molecule is CC(CC(N)c1cccc2ccccc12)C(=O)O. The zero-order chi connectivity index (χ0) is 13.1. The van der Waals surface area contributed by atoms with E-state index in [1.807, 2.05) is 42.5 Å². The van der Waals surface area contributed by atoms with Gasteiger partial charge in [-0.15, -0.1) is 0 Å². The number of hydrogen-bond donors (Lipinski definition) is 2. The summed E-state index contributed by atoms with van der Waals surface area (Å²) < 4.78 is 0. The molecule has 3 heteroatoms. The maximum atomic E-state index is 10.9. The normalized spacial score (nSPS) is 14.3. The molecule has 94 valence electrons. The van der Waals surface area contributed by atoms with Crippen molar-refractivity contribution in [1.29, 1.82) is 0 Å². The molecule has 3 N–H and O–H groups in total. The van der Waals surface area contributed by atoms with Crippen molar-refractivity contribution in [2.45, 2.75) is 19.4 Å². The van der Waals surface area contributed by atoms with Gasteiger partial charge in [0.25, 0.3) is 0 Å². The molecular formula is C15H17NO2. The van der Waals surface area contributed by atoms with Gasteiger partial charge < -0.3 is 10.8 Å². The predicted octanol–water partition coefficient (Wildman–Crippen LogP) is 2.95. The molecule has 0 aliphatic carbocycles. The van der Waals surface area contributed by atoms with Gasteiger partial charge >= 0.3 is 5.97 Å². The molecule has 0 fully saturated rings. The second-order valence-corrected chi connectivity index (χ2v) is 4.65. The fourth-order valence-electron chi connectivity index (χ4n) is 2.18. The van der Waals surface area contributed by atoms with Crippen molar-refractivity contribution >= 4 is 16.7 Å². The molecule has 2 aromatic carbocycles. The number of carbonyl (C=O) groups is 1. The van der Waals surface area contributed by atoms with E-state index in [1.54, 1.807) is 6.92 Å². The van der Waals surface area contributed by atoms with Crippen LogP contribution in [-0.4, -0.2) is 11.1 Å². The maximum absolute atomic E-state index is 10.9. The van der Waals surface area contributed by atoms with Crippen molar-refractivity contribution in [3.63, 3.8) is 0 Å². The molecule has 2 unspecified atom stereocenters. The number of aliphatic carboxylic acids is 1. The number of carboxylic acid groups (broad SMARTS) is 1. The summed E-state index contributed by atoms with van der Waals surface area (Å²) in [7, 11) is 0. The lowest BCUT2D eigenvalue weighted by atomic mass is 9.93. The maximum Gasteiger partial charge on any atom is 0.306 e. The van der Waals surface area contributed by atoms with E-state index < -0.39 is 11.9 Å². The van der Waals surface area contributed by atoms with Crippen molar-refractivity contribution in [2.75, 3.05) is 0 Å². The summed E-state index contributed by atoms with van der Waals surface area (Å²) in [5, 5.41) is 11.2. The van der Waals surface area contributed by atoms with E-state index in [2.05, 4.69) is 0 Å². The van der Waals surface area contributed by atoms with Crippen LogP contribution in [0.2, 0.25) is 0 Å². The van der Waals surface area contributed by atoms with Crippen LogP contribution in [0.5, 0.6) is 0 Å². The van der Waals surface area contributed by atoms with Gasteiger partial charge in [-0.05, 0) is 22.8 Å². The molecular weight excluding hydrogens is 226 g/mol. The highest BCUT2D eigenvalue weighted by molar-refractivity contribution is 5.86. The van der Waals surface area contributed by atoms with Crippen LogP contribution in [0, 0.1) is 5.92 Å². The van der Waals surface area contributed by atoms with Crippen LogP contribution in [0.1, 0.15) is 24.9 Å². The van der Waals surface area contributed by atoms with E-state index in [0.717, 1.165) is 16.3 Å². The van der Waals surface area contributed by atoms with Crippen LogP contribution in [0.4, 0.5) is 0 Å². The van der Waals surface area contributed by atoms with E-state index in [4.69, 9.17) is 10.8 Å². The minimum atomic E-state index is -0.800. The summed E-state index contributed by atoms with van der Waals surface area (Å²) in [5.74, 6) is -1.23. The minimum absolute atomic E-state index is 0.248. The van der Waals surface area contributed by atoms with Gasteiger partial charge in [0.2, 0.25) is 0 Å². The van der Waals surface area contributed by atoms with Gasteiger partial charge in [-0.3, -0.25) is 4.79 Å². The van der Waals surface area contributed by atoms with Crippen molar-refractivity contribution < 1.29 is 9.90 Å². The Bertz CT molecular complexity index is 560. The summed E-state index contributed by atoms with van der Waals surface area (Å²) >= 11 is 0. The van der Waals surface area contributed by atoms with Crippen LogP contribution in [0.3, 0.4) is 0 Å². The molecule has 2 rings (SSSR count). The van der Waals surface area contributed by atoms with Crippen LogP contribution in [-0.2, 0) is 4.79 Å². The molecule has 2 atom stereocenters. The molecule has 0 spiro atoms. The summed E-state index contributed by atoms with van der Waals surface area (Å²) in [5.41, 5.74) is 7.15. The van der Waals surface area contributed by atoms with Gasteiger partial charge in [0.05, 0.1) is 5.92 Å². The van der Waals surface area contributed by atoms with Gasteiger partial charge in [0, 0.05) is 6.04 Å². The van der Waals surface area contributed by atoms with Gasteiger partial charge in [0.15, 0.2) is 0 Å². The smallest absolute Gasteiger partial charge is 0.306 e. The first-order valence-corrected chi connectivity index (χ1v) is 6.05. The Hall–Kier alpha value is -1.87. The van der Waals surface area contributed by atoms with E-state index in [1.165, 1.54) is 0 Å². The van der Waals surface area contributed by atoms with E-state index >= 15 is 0 Å².